The van der Waals surface area contributed by atoms with E-state index in [0.717, 1.165) is 5.56 Å². The Balaban J connectivity index is 1.77. The number of amides is 2. The molecule has 7 heteroatoms. The molecule has 0 bridgehead atoms. The van der Waals surface area contributed by atoms with Crippen molar-refractivity contribution in [2.75, 3.05) is 11.9 Å². The Bertz CT molecular complexity index is 868. The van der Waals surface area contributed by atoms with Crippen LogP contribution in [0.4, 0.5) is 5.69 Å². The number of nitrogens with one attached hydrogen (secondary N) is 1. The van der Waals surface area contributed by atoms with Gasteiger partial charge in [-0.1, -0.05) is 48.0 Å². The highest BCUT2D eigenvalue weighted by molar-refractivity contribution is 6.44. The standard InChI is InChI=1S/C20H20ClN3O3/c1-2-27-19-15(21)9-6-10-16(19)22-20(26)17-11-12-18(25)24(23-17)13-14-7-4-3-5-8-14/h3-10H,2,11-13H2,1H3,(H,22,26). The summed E-state index contributed by atoms with van der Waals surface area (Å²) in [7, 11) is 0. The SMILES string of the molecule is CCOc1c(Cl)cccc1NC(=O)C1=NN(Cc2ccccc2)C(=O)CC1. The maximum Gasteiger partial charge on any atom is 0.271 e. The monoisotopic (exact) mass is 385 g/mol. The minimum Gasteiger partial charge on any atom is -0.490 e. The number of hydrogen-bond donors (Lipinski definition) is 1. The van der Waals surface area contributed by atoms with Gasteiger partial charge in [0.1, 0.15) is 5.71 Å². The Labute approximate surface area is 162 Å². The smallest absolute Gasteiger partial charge is 0.271 e. The van der Waals surface area contributed by atoms with Crippen LogP contribution in [-0.4, -0.2) is 29.1 Å². The second-order valence-corrected chi connectivity index (χ2v) is 6.39. The third-order valence-corrected chi connectivity index (χ3v) is 4.34. The molecule has 1 heterocycles. The van der Waals surface area contributed by atoms with Gasteiger partial charge in [-0.25, -0.2) is 5.01 Å². The van der Waals surface area contributed by atoms with Crippen LogP contribution in [0.2, 0.25) is 5.02 Å². The van der Waals surface area contributed by atoms with E-state index in [2.05, 4.69) is 10.4 Å². The van der Waals surface area contributed by atoms with Crippen molar-refractivity contribution >= 4 is 34.8 Å². The Kier molecular flexibility index (Phi) is 6.08. The van der Waals surface area contributed by atoms with E-state index in [1.165, 1.54) is 5.01 Å². The van der Waals surface area contributed by atoms with Crippen molar-refractivity contribution in [3.63, 3.8) is 0 Å². The second kappa shape index (κ2) is 8.68. The largest absolute Gasteiger partial charge is 0.490 e. The Hall–Kier alpha value is -2.86. The summed E-state index contributed by atoms with van der Waals surface area (Å²) in [5, 5.41) is 8.82. The highest BCUT2D eigenvalue weighted by Crippen LogP contribution is 2.33. The molecule has 0 spiro atoms. The van der Waals surface area contributed by atoms with Crippen LogP contribution >= 0.6 is 11.6 Å². The number of carbonyl (C=O) groups excluding carboxylic acids is 2. The van der Waals surface area contributed by atoms with Gasteiger partial charge in [-0.2, -0.15) is 5.10 Å². The van der Waals surface area contributed by atoms with Crippen LogP contribution in [0.5, 0.6) is 5.75 Å². The first kappa shape index (κ1) is 18.9. The summed E-state index contributed by atoms with van der Waals surface area (Å²) in [6.07, 6.45) is 0.535. The fourth-order valence-electron chi connectivity index (χ4n) is 2.74. The molecule has 0 atom stereocenters. The van der Waals surface area contributed by atoms with Crippen molar-refractivity contribution in [2.24, 2.45) is 5.10 Å². The number of hydrogen-bond acceptors (Lipinski definition) is 4. The number of carbonyl (C=O) groups is 2. The Morgan fingerprint density at radius 1 is 1.19 bits per heavy atom. The number of hydrazone groups is 1. The molecule has 0 unspecified atom stereocenters. The van der Waals surface area contributed by atoms with Gasteiger partial charge in [-0.05, 0) is 24.6 Å². The predicted molar refractivity (Wildman–Crippen MR) is 105 cm³/mol. The molecule has 1 N–H and O–H groups in total. The van der Waals surface area contributed by atoms with Gasteiger partial charge in [-0.15, -0.1) is 0 Å². The zero-order valence-electron chi connectivity index (χ0n) is 14.9. The lowest BCUT2D eigenvalue weighted by Gasteiger charge is -2.23. The molecule has 0 saturated heterocycles. The van der Waals surface area contributed by atoms with Crippen LogP contribution in [-0.2, 0) is 16.1 Å². The van der Waals surface area contributed by atoms with Crippen molar-refractivity contribution in [1.82, 2.24) is 5.01 Å². The summed E-state index contributed by atoms with van der Waals surface area (Å²) >= 11 is 6.15. The Morgan fingerprint density at radius 3 is 2.70 bits per heavy atom. The molecule has 27 heavy (non-hydrogen) atoms. The van der Waals surface area contributed by atoms with Crippen LogP contribution in [0.15, 0.2) is 53.6 Å². The second-order valence-electron chi connectivity index (χ2n) is 5.99. The van der Waals surface area contributed by atoms with E-state index in [9.17, 15) is 9.59 Å². The first-order valence-corrected chi connectivity index (χ1v) is 9.10. The molecule has 1 aliphatic rings. The average molecular weight is 386 g/mol. The van der Waals surface area contributed by atoms with Gasteiger partial charge in [0.25, 0.3) is 5.91 Å². The summed E-state index contributed by atoms with van der Waals surface area (Å²) in [5.74, 6) is -0.0550. The van der Waals surface area contributed by atoms with E-state index >= 15 is 0 Å². The summed E-state index contributed by atoms with van der Waals surface area (Å²) in [4.78, 5) is 24.8. The van der Waals surface area contributed by atoms with E-state index in [0.29, 0.717) is 41.7 Å². The number of rotatable bonds is 6. The molecule has 6 nitrogen and oxygen atoms in total. The molecule has 0 aromatic heterocycles. The molecule has 3 rings (SSSR count). The van der Waals surface area contributed by atoms with Gasteiger partial charge in [-0.3, -0.25) is 9.59 Å². The minimum absolute atomic E-state index is 0.104. The Morgan fingerprint density at radius 2 is 1.96 bits per heavy atom. The van der Waals surface area contributed by atoms with Gasteiger partial charge in [0.2, 0.25) is 5.91 Å². The van der Waals surface area contributed by atoms with Crippen molar-refractivity contribution < 1.29 is 14.3 Å². The molecule has 0 aliphatic carbocycles. The van der Waals surface area contributed by atoms with Crippen LogP contribution in [0.25, 0.3) is 0 Å². The molecule has 0 saturated carbocycles. The number of anilines is 1. The molecule has 2 amide bonds. The summed E-state index contributed by atoms with van der Waals surface area (Å²) < 4.78 is 5.52. The molecule has 0 fully saturated rings. The lowest BCUT2D eigenvalue weighted by molar-refractivity contribution is -0.132. The number of benzene rings is 2. The van der Waals surface area contributed by atoms with Crippen LogP contribution in [0.1, 0.15) is 25.3 Å². The third kappa shape index (κ3) is 4.65. The van der Waals surface area contributed by atoms with Gasteiger partial charge >= 0.3 is 0 Å². The number of ether oxygens (including phenoxy) is 1. The highest BCUT2D eigenvalue weighted by atomic mass is 35.5. The lowest BCUT2D eigenvalue weighted by atomic mass is 10.1. The molecule has 2 aromatic carbocycles. The van der Waals surface area contributed by atoms with Crippen LogP contribution < -0.4 is 10.1 Å². The first-order valence-electron chi connectivity index (χ1n) is 8.73. The summed E-state index contributed by atoms with van der Waals surface area (Å²) in [5.41, 5.74) is 1.72. The van der Waals surface area contributed by atoms with E-state index in [1.807, 2.05) is 37.3 Å². The van der Waals surface area contributed by atoms with Gasteiger partial charge in [0.15, 0.2) is 5.75 Å². The fourth-order valence-corrected chi connectivity index (χ4v) is 2.97. The van der Waals surface area contributed by atoms with Crippen molar-refractivity contribution in [3.8, 4) is 5.75 Å². The third-order valence-electron chi connectivity index (χ3n) is 4.05. The minimum atomic E-state index is -0.371. The summed E-state index contributed by atoms with van der Waals surface area (Å²) in [6.45, 7) is 2.60. The zero-order valence-corrected chi connectivity index (χ0v) is 15.7. The van der Waals surface area contributed by atoms with Crippen molar-refractivity contribution in [1.29, 1.82) is 0 Å². The quantitative estimate of drug-likeness (QED) is 0.820. The van der Waals surface area contributed by atoms with E-state index < -0.39 is 0 Å². The van der Waals surface area contributed by atoms with Crippen LogP contribution in [0.3, 0.4) is 0 Å². The van der Waals surface area contributed by atoms with E-state index in [-0.39, 0.29) is 18.2 Å². The lowest BCUT2D eigenvalue weighted by Crippen LogP contribution is -2.36. The average Bonchev–Trinajstić information content (AvgIpc) is 2.67. The summed E-state index contributed by atoms with van der Waals surface area (Å²) in [6, 6.07) is 14.7. The maximum absolute atomic E-state index is 12.7. The predicted octanol–water partition coefficient (Wildman–Crippen LogP) is 3.86. The zero-order chi connectivity index (χ0) is 19.2. The number of para-hydroxylation sites is 1. The molecular formula is C20H20ClN3O3. The van der Waals surface area contributed by atoms with Gasteiger partial charge in [0, 0.05) is 12.8 Å². The molecule has 0 radical (unpaired) electrons. The highest BCUT2D eigenvalue weighted by Gasteiger charge is 2.25. The first-order chi connectivity index (χ1) is 13.1. The van der Waals surface area contributed by atoms with Crippen molar-refractivity contribution in [3.05, 3.63) is 59.1 Å². The molecule has 1 aliphatic heterocycles. The molecule has 2 aromatic rings. The molecule has 140 valence electrons. The fraction of sp³-hybridized carbons (Fsp3) is 0.250. The van der Waals surface area contributed by atoms with Crippen molar-refractivity contribution in [2.45, 2.75) is 26.3 Å². The van der Waals surface area contributed by atoms with E-state index in [4.69, 9.17) is 16.3 Å². The maximum atomic E-state index is 12.7. The topological polar surface area (TPSA) is 71.0 Å². The number of nitrogens with zero attached hydrogens (tertiary/aromatic N) is 2. The van der Waals surface area contributed by atoms with Gasteiger partial charge in [0.05, 0.1) is 23.9 Å². The van der Waals surface area contributed by atoms with Crippen LogP contribution in [0, 0.1) is 0 Å². The number of halogens is 1. The van der Waals surface area contributed by atoms with E-state index in [1.54, 1.807) is 18.2 Å². The molecular weight excluding hydrogens is 366 g/mol. The van der Waals surface area contributed by atoms with Gasteiger partial charge < -0.3 is 10.1 Å². The normalized spacial score (nSPS) is 13.9.